The lowest BCUT2D eigenvalue weighted by atomic mass is 10.0. The molecule has 1 heterocycles. The van der Waals surface area contributed by atoms with Gasteiger partial charge in [-0.25, -0.2) is 0 Å². The fourth-order valence-corrected chi connectivity index (χ4v) is 2.09. The Hall–Kier alpha value is -2.39. The molecule has 6 heteroatoms. The standard InChI is InChI=1S/C13H13N3O3/c14-7-9-2-1-3-10(6-9)11(17)16-5-4-13(15,8-16)12(18)19/h1-3,6H,4-5,8,15H2,(H,18,19). The van der Waals surface area contributed by atoms with Crippen LogP contribution in [0.2, 0.25) is 0 Å². The van der Waals surface area contributed by atoms with Crippen molar-refractivity contribution in [2.75, 3.05) is 13.1 Å². The number of carbonyl (C=O) groups is 2. The number of aliphatic carboxylic acids is 1. The zero-order valence-electron chi connectivity index (χ0n) is 10.2. The molecule has 98 valence electrons. The van der Waals surface area contributed by atoms with Gasteiger partial charge < -0.3 is 15.7 Å². The molecular weight excluding hydrogens is 246 g/mol. The summed E-state index contributed by atoms with van der Waals surface area (Å²) < 4.78 is 0. The summed E-state index contributed by atoms with van der Waals surface area (Å²) in [5, 5.41) is 17.8. The summed E-state index contributed by atoms with van der Waals surface area (Å²) in [6, 6.07) is 8.26. The molecule has 2 rings (SSSR count). The second-order valence-electron chi connectivity index (χ2n) is 4.63. The number of carbonyl (C=O) groups excluding carboxylic acids is 1. The predicted octanol–water partition coefficient (Wildman–Crippen LogP) is 0.186. The number of carboxylic acids is 1. The number of benzene rings is 1. The normalized spacial score (nSPS) is 22.0. The lowest BCUT2D eigenvalue weighted by Gasteiger charge is -2.20. The third-order valence-electron chi connectivity index (χ3n) is 3.25. The SMILES string of the molecule is N#Cc1cccc(C(=O)N2CCC(N)(C(=O)O)C2)c1. The molecule has 3 N–H and O–H groups in total. The van der Waals surface area contributed by atoms with E-state index in [2.05, 4.69) is 0 Å². The van der Waals surface area contributed by atoms with Crippen molar-refractivity contribution in [1.29, 1.82) is 5.26 Å². The van der Waals surface area contributed by atoms with E-state index >= 15 is 0 Å². The lowest BCUT2D eigenvalue weighted by Crippen LogP contribution is -2.50. The summed E-state index contributed by atoms with van der Waals surface area (Å²) in [4.78, 5) is 24.6. The van der Waals surface area contributed by atoms with Gasteiger partial charge in [-0.1, -0.05) is 6.07 Å². The Morgan fingerprint density at radius 1 is 1.47 bits per heavy atom. The number of hydrogen-bond donors (Lipinski definition) is 2. The number of hydrogen-bond acceptors (Lipinski definition) is 4. The fraction of sp³-hybridized carbons (Fsp3) is 0.308. The number of nitrogens with two attached hydrogens (primary N) is 1. The Balaban J connectivity index is 2.18. The topological polar surface area (TPSA) is 107 Å². The summed E-state index contributed by atoms with van der Waals surface area (Å²) >= 11 is 0. The van der Waals surface area contributed by atoms with Gasteiger partial charge in [0.15, 0.2) is 0 Å². The third-order valence-corrected chi connectivity index (χ3v) is 3.25. The monoisotopic (exact) mass is 259 g/mol. The van der Waals surface area contributed by atoms with E-state index in [1.165, 1.54) is 11.0 Å². The van der Waals surface area contributed by atoms with Crippen molar-refractivity contribution in [2.24, 2.45) is 5.73 Å². The second kappa shape index (κ2) is 4.71. The number of carboxylic acid groups (broad SMARTS) is 1. The van der Waals surface area contributed by atoms with Crippen molar-refractivity contribution in [3.8, 4) is 6.07 Å². The first-order chi connectivity index (χ1) is 8.96. The van der Waals surface area contributed by atoms with Gasteiger partial charge in [-0.15, -0.1) is 0 Å². The minimum atomic E-state index is -1.37. The summed E-state index contributed by atoms with van der Waals surface area (Å²) in [6.45, 7) is 0.288. The first-order valence-corrected chi connectivity index (χ1v) is 5.78. The van der Waals surface area contributed by atoms with Crippen LogP contribution in [0, 0.1) is 11.3 Å². The number of amides is 1. The Morgan fingerprint density at radius 2 is 2.21 bits per heavy atom. The van der Waals surface area contributed by atoms with E-state index in [9.17, 15) is 9.59 Å². The highest BCUT2D eigenvalue weighted by Crippen LogP contribution is 2.21. The van der Waals surface area contributed by atoms with Gasteiger partial charge in [0.1, 0.15) is 5.54 Å². The van der Waals surface area contributed by atoms with Gasteiger partial charge in [0, 0.05) is 18.7 Å². The van der Waals surface area contributed by atoms with Crippen molar-refractivity contribution in [3.63, 3.8) is 0 Å². The molecule has 0 aliphatic carbocycles. The maximum atomic E-state index is 12.2. The highest BCUT2D eigenvalue weighted by molar-refractivity contribution is 5.95. The fourth-order valence-electron chi connectivity index (χ4n) is 2.09. The minimum absolute atomic E-state index is 0.0159. The highest BCUT2D eigenvalue weighted by atomic mass is 16.4. The first-order valence-electron chi connectivity index (χ1n) is 5.78. The number of nitriles is 1. The first kappa shape index (κ1) is 13.1. The molecule has 0 aromatic heterocycles. The third kappa shape index (κ3) is 2.41. The molecule has 1 aromatic carbocycles. The van der Waals surface area contributed by atoms with E-state index in [1.807, 2.05) is 6.07 Å². The van der Waals surface area contributed by atoms with Crippen molar-refractivity contribution in [2.45, 2.75) is 12.0 Å². The van der Waals surface area contributed by atoms with Crippen LogP contribution in [-0.2, 0) is 4.79 Å². The Bertz CT molecular complexity index is 579. The number of nitrogens with zero attached hydrogens (tertiary/aromatic N) is 2. The largest absolute Gasteiger partial charge is 0.480 e. The molecule has 1 aliphatic rings. The lowest BCUT2D eigenvalue weighted by molar-refractivity contribution is -0.142. The van der Waals surface area contributed by atoms with E-state index in [0.29, 0.717) is 17.7 Å². The van der Waals surface area contributed by atoms with Gasteiger partial charge in [0.05, 0.1) is 11.6 Å². The van der Waals surface area contributed by atoms with Crippen LogP contribution in [0.3, 0.4) is 0 Å². The van der Waals surface area contributed by atoms with Crippen LogP contribution in [0.1, 0.15) is 22.3 Å². The summed E-state index contributed by atoms with van der Waals surface area (Å²) in [5.41, 5.74) is 5.11. The molecule has 0 spiro atoms. The zero-order chi connectivity index (χ0) is 14.0. The van der Waals surface area contributed by atoms with E-state index in [1.54, 1.807) is 18.2 Å². The summed E-state index contributed by atoms with van der Waals surface area (Å²) in [7, 11) is 0. The molecule has 19 heavy (non-hydrogen) atoms. The van der Waals surface area contributed by atoms with Gasteiger partial charge in [-0.3, -0.25) is 9.59 Å². The summed E-state index contributed by atoms with van der Waals surface area (Å²) in [5.74, 6) is -1.40. The van der Waals surface area contributed by atoms with Crippen molar-refractivity contribution < 1.29 is 14.7 Å². The van der Waals surface area contributed by atoms with Crippen LogP contribution in [0.5, 0.6) is 0 Å². The molecular formula is C13H13N3O3. The van der Waals surface area contributed by atoms with E-state index in [-0.39, 0.29) is 18.9 Å². The van der Waals surface area contributed by atoms with Gasteiger partial charge in [-0.2, -0.15) is 5.26 Å². The Labute approximate surface area is 110 Å². The van der Waals surface area contributed by atoms with Crippen molar-refractivity contribution in [3.05, 3.63) is 35.4 Å². The van der Waals surface area contributed by atoms with Crippen molar-refractivity contribution >= 4 is 11.9 Å². The van der Waals surface area contributed by atoms with Crippen LogP contribution in [0.25, 0.3) is 0 Å². The highest BCUT2D eigenvalue weighted by Gasteiger charge is 2.43. The quantitative estimate of drug-likeness (QED) is 0.788. The molecule has 1 amide bonds. The van der Waals surface area contributed by atoms with Gasteiger partial charge >= 0.3 is 5.97 Å². The zero-order valence-corrected chi connectivity index (χ0v) is 10.2. The van der Waals surface area contributed by atoms with E-state index in [0.717, 1.165) is 0 Å². The van der Waals surface area contributed by atoms with Crippen LogP contribution in [0.4, 0.5) is 0 Å². The predicted molar refractivity (Wildman–Crippen MR) is 66.2 cm³/mol. The Kier molecular flexibility index (Phi) is 3.23. The summed E-state index contributed by atoms with van der Waals surface area (Å²) in [6.07, 6.45) is 0.228. The van der Waals surface area contributed by atoms with E-state index in [4.69, 9.17) is 16.1 Å². The average molecular weight is 259 g/mol. The van der Waals surface area contributed by atoms with Gasteiger partial charge in [-0.05, 0) is 24.6 Å². The second-order valence-corrected chi connectivity index (χ2v) is 4.63. The maximum Gasteiger partial charge on any atom is 0.325 e. The maximum absolute atomic E-state index is 12.2. The van der Waals surface area contributed by atoms with Crippen LogP contribution >= 0.6 is 0 Å². The molecule has 1 aliphatic heterocycles. The average Bonchev–Trinajstić information content (AvgIpc) is 2.82. The van der Waals surface area contributed by atoms with Gasteiger partial charge in [0.25, 0.3) is 5.91 Å². The smallest absolute Gasteiger partial charge is 0.325 e. The molecule has 1 aromatic rings. The molecule has 0 bridgehead atoms. The molecule has 0 radical (unpaired) electrons. The van der Waals surface area contributed by atoms with Gasteiger partial charge in [0.2, 0.25) is 0 Å². The molecule has 0 saturated carbocycles. The van der Waals surface area contributed by atoms with Crippen LogP contribution in [0.15, 0.2) is 24.3 Å². The van der Waals surface area contributed by atoms with Crippen molar-refractivity contribution in [1.82, 2.24) is 4.90 Å². The molecule has 1 atom stereocenters. The molecule has 1 fully saturated rings. The Morgan fingerprint density at radius 3 is 2.79 bits per heavy atom. The minimum Gasteiger partial charge on any atom is -0.480 e. The number of likely N-dealkylation sites (tertiary alicyclic amines) is 1. The molecule has 1 saturated heterocycles. The van der Waals surface area contributed by atoms with Crippen LogP contribution < -0.4 is 5.73 Å². The van der Waals surface area contributed by atoms with E-state index < -0.39 is 11.5 Å². The molecule has 6 nitrogen and oxygen atoms in total. The molecule has 1 unspecified atom stereocenters. The number of rotatable bonds is 2. The van der Waals surface area contributed by atoms with Crippen LogP contribution in [-0.4, -0.2) is 40.5 Å².